The Morgan fingerprint density at radius 2 is 1.82 bits per heavy atom. The first-order chi connectivity index (χ1) is 23.4. The molecule has 5 rings (SSSR count). The Balaban J connectivity index is 1.51. The number of benzene rings is 3. The van der Waals surface area contributed by atoms with Crippen molar-refractivity contribution in [3.8, 4) is 17.2 Å². The minimum atomic E-state index is -4.89. The second-order valence-corrected chi connectivity index (χ2v) is 12.2. The van der Waals surface area contributed by atoms with Crippen LogP contribution in [0.2, 0.25) is 5.02 Å². The van der Waals surface area contributed by atoms with Crippen molar-refractivity contribution in [2.24, 2.45) is 5.16 Å². The normalized spacial score (nSPS) is 15.6. The number of fused-ring (bicyclic) bond motifs is 2. The fraction of sp³-hybridized carbons (Fsp3) is 0.400. The first kappa shape index (κ1) is 35.7. The Bertz CT molecular complexity index is 1730. The van der Waals surface area contributed by atoms with Crippen LogP contribution < -0.4 is 24.4 Å². The van der Waals surface area contributed by atoms with Crippen molar-refractivity contribution in [1.82, 2.24) is 0 Å². The molecule has 1 atom stereocenters. The Hall–Kier alpha value is -4.65. The van der Waals surface area contributed by atoms with Gasteiger partial charge in [-0.3, -0.25) is 9.59 Å². The van der Waals surface area contributed by atoms with Gasteiger partial charge in [-0.2, -0.15) is 0 Å². The minimum Gasteiger partial charge on any atom is -0.497 e. The van der Waals surface area contributed by atoms with Crippen molar-refractivity contribution in [3.63, 3.8) is 0 Å². The van der Waals surface area contributed by atoms with Crippen molar-refractivity contribution in [1.29, 1.82) is 0 Å². The Kier molecular flexibility index (Phi) is 10.8. The van der Waals surface area contributed by atoms with Crippen LogP contribution in [-0.4, -0.2) is 57.9 Å². The topological polar surface area (TPSA) is 108 Å². The van der Waals surface area contributed by atoms with Gasteiger partial charge in [0.05, 0.1) is 38.6 Å². The van der Waals surface area contributed by atoms with E-state index in [4.69, 9.17) is 30.6 Å². The van der Waals surface area contributed by atoms with Crippen molar-refractivity contribution >= 4 is 40.6 Å². The van der Waals surface area contributed by atoms with Gasteiger partial charge >= 0.3 is 12.3 Å². The summed E-state index contributed by atoms with van der Waals surface area (Å²) in [5.74, 6) is -0.451. The summed E-state index contributed by atoms with van der Waals surface area (Å²) < 4.78 is 59.9. The maximum absolute atomic E-state index is 14.7. The zero-order chi connectivity index (χ0) is 35.3. The van der Waals surface area contributed by atoms with Crippen LogP contribution in [0, 0.1) is 0 Å². The number of esters is 1. The highest BCUT2D eigenvalue weighted by atomic mass is 35.5. The van der Waals surface area contributed by atoms with Gasteiger partial charge in [0.2, 0.25) is 0 Å². The molecule has 1 aliphatic heterocycles. The third-order valence-electron chi connectivity index (χ3n) is 8.63. The fourth-order valence-corrected chi connectivity index (χ4v) is 6.33. The maximum Gasteiger partial charge on any atom is 0.573 e. The third kappa shape index (κ3) is 8.15. The van der Waals surface area contributed by atoms with E-state index in [2.05, 4.69) is 15.2 Å². The first-order valence-electron chi connectivity index (χ1n) is 15.7. The lowest BCUT2D eigenvalue weighted by Crippen LogP contribution is -2.44. The van der Waals surface area contributed by atoms with E-state index in [9.17, 15) is 22.8 Å². The number of anilines is 2. The molecule has 0 saturated heterocycles. The van der Waals surface area contributed by atoms with Crippen molar-refractivity contribution in [3.05, 3.63) is 76.3 Å². The summed E-state index contributed by atoms with van der Waals surface area (Å²) in [6.07, 6.45) is -2.33. The second kappa shape index (κ2) is 14.9. The van der Waals surface area contributed by atoms with Crippen molar-refractivity contribution < 1.29 is 46.5 Å². The average Bonchev–Trinajstić information content (AvgIpc) is 3.40. The van der Waals surface area contributed by atoms with Crippen LogP contribution >= 0.6 is 11.6 Å². The van der Waals surface area contributed by atoms with Crippen molar-refractivity contribution in [2.75, 3.05) is 44.2 Å². The number of nitrogens with one attached hydrogen (secondary N) is 1. The molecule has 1 saturated carbocycles. The quantitative estimate of drug-likeness (QED) is 0.0841. The molecular formula is C35H37ClF3N3O7. The highest BCUT2D eigenvalue weighted by Gasteiger charge is 2.50. The number of hydrogen-bond donors (Lipinski definition) is 1. The van der Waals surface area contributed by atoms with E-state index in [1.165, 1.54) is 31.3 Å². The predicted molar refractivity (Wildman–Crippen MR) is 178 cm³/mol. The molecule has 1 N–H and O–H groups in total. The summed E-state index contributed by atoms with van der Waals surface area (Å²) in [6, 6.07) is 13.2. The van der Waals surface area contributed by atoms with E-state index in [0.717, 1.165) is 24.8 Å². The largest absolute Gasteiger partial charge is 0.573 e. The molecule has 14 heteroatoms. The zero-order valence-corrected chi connectivity index (χ0v) is 28.2. The van der Waals surface area contributed by atoms with Crippen LogP contribution in [0.25, 0.3) is 0 Å². The van der Waals surface area contributed by atoms with E-state index >= 15 is 0 Å². The molecular weight excluding hydrogens is 667 g/mol. The number of alkyl halides is 3. The number of methoxy groups -OCH3 is 2. The molecule has 1 fully saturated rings. The highest BCUT2D eigenvalue weighted by molar-refractivity contribution is 6.30. The zero-order valence-electron chi connectivity index (χ0n) is 27.5. The van der Waals surface area contributed by atoms with Gasteiger partial charge in [0.1, 0.15) is 29.9 Å². The molecule has 49 heavy (non-hydrogen) atoms. The average molecular weight is 704 g/mol. The van der Waals surface area contributed by atoms with Gasteiger partial charge in [-0.05, 0) is 62.6 Å². The van der Waals surface area contributed by atoms with E-state index in [1.54, 1.807) is 56.3 Å². The van der Waals surface area contributed by atoms with Crippen LogP contribution in [-0.2, 0) is 24.6 Å². The summed E-state index contributed by atoms with van der Waals surface area (Å²) in [4.78, 5) is 33.2. The van der Waals surface area contributed by atoms with Gasteiger partial charge in [0.25, 0.3) is 5.91 Å². The Morgan fingerprint density at radius 1 is 1.04 bits per heavy atom. The van der Waals surface area contributed by atoms with E-state index < -0.39 is 30.0 Å². The minimum absolute atomic E-state index is 0.0205. The number of nitrogens with zero attached hydrogens (tertiary/aromatic N) is 2. The van der Waals surface area contributed by atoms with E-state index in [0.29, 0.717) is 51.3 Å². The number of oxime groups is 1. The van der Waals surface area contributed by atoms with Gasteiger partial charge in [-0.1, -0.05) is 35.3 Å². The predicted octanol–water partition coefficient (Wildman–Crippen LogP) is 7.57. The Morgan fingerprint density at radius 3 is 2.47 bits per heavy atom. The maximum atomic E-state index is 14.7. The fourth-order valence-electron chi connectivity index (χ4n) is 6.17. The molecule has 1 amide bonds. The van der Waals surface area contributed by atoms with Crippen molar-refractivity contribution in [2.45, 2.75) is 57.3 Å². The standard InChI is InChI=1S/C35H37ClF3N3O7/c1-5-47-31(43)11-14-48-41-21(2)22-15-24(18-26(16-22)45-3)40-32(27-9-7-23(36)17-30(27)46-4)33(44)42-20-34(12-6-13-34)28-10-8-25(19-29(28)42)49-35(37,38)39/h7-10,15-19,32,40H,5-6,11-14,20H2,1-4H3. The van der Waals surface area contributed by atoms with Crippen LogP contribution in [0.15, 0.2) is 59.8 Å². The number of ether oxygens (including phenoxy) is 4. The number of rotatable bonds is 13. The summed E-state index contributed by atoms with van der Waals surface area (Å²) in [5, 5.41) is 7.83. The van der Waals surface area contributed by atoms with Gasteiger partial charge < -0.3 is 34.0 Å². The lowest BCUT2D eigenvalue weighted by Gasteiger charge is -2.39. The van der Waals surface area contributed by atoms with Crippen LogP contribution in [0.4, 0.5) is 24.5 Å². The van der Waals surface area contributed by atoms with E-state index in [1.807, 2.05) is 0 Å². The molecule has 1 spiro atoms. The smallest absolute Gasteiger partial charge is 0.497 e. The van der Waals surface area contributed by atoms with Crippen LogP contribution in [0.5, 0.6) is 17.2 Å². The summed E-state index contributed by atoms with van der Waals surface area (Å²) in [7, 11) is 2.95. The monoisotopic (exact) mass is 703 g/mol. The molecule has 10 nitrogen and oxygen atoms in total. The van der Waals surface area contributed by atoms with Gasteiger partial charge in [-0.15, -0.1) is 13.2 Å². The van der Waals surface area contributed by atoms with Gasteiger partial charge in [-0.25, -0.2) is 0 Å². The Labute approximate surface area is 287 Å². The molecule has 262 valence electrons. The van der Waals surface area contributed by atoms with Gasteiger partial charge in [0.15, 0.2) is 0 Å². The van der Waals surface area contributed by atoms with Crippen LogP contribution in [0.3, 0.4) is 0 Å². The van der Waals surface area contributed by atoms with E-state index in [-0.39, 0.29) is 25.0 Å². The summed E-state index contributed by atoms with van der Waals surface area (Å²) in [6.45, 7) is 4.02. The molecule has 1 unspecified atom stereocenters. The number of carbonyl (C=O) groups is 2. The number of halogens is 4. The number of carbonyl (C=O) groups excluding carboxylic acids is 2. The molecule has 3 aromatic rings. The SMILES string of the molecule is CCOC(=O)CCON=C(C)c1cc(NC(C(=O)N2CC3(CCC3)c3ccc(OC(F)(F)F)cc32)c2ccc(Cl)cc2OC)cc(OC)c1. The third-order valence-corrected chi connectivity index (χ3v) is 8.87. The lowest BCUT2D eigenvalue weighted by atomic mass is 9.66. The molecule has 0 bridgehead atoms. The molecule has 1 heterocycles. The number of amides is 1. The van der Waals surface area contributed by atoms with Crippen LogP contribution in [0.1, 0.15) is 62.3 Å². The second-order valence-electron chi connectivity index (χ2n) is 11.8. The summed E-state index contributed by atoms with van der Waals surface area (Å²) in [5.41, 5.74) is 2.80. The first-order valence-corrected chi connectivity index (χ1v) is 16.1. The molecule has 1 aliphatic carbocycles. The molecule has 0 aromatic heterocycles. The summed E-state index contributed by atoms with van der Waals surface area (Å²) >= 11 is 6.28. The lowest BCUT2D eigenvalue weighted by molar-refractivity contribution is -0.274. The molecule has 2 aliphatic rings. The number of hydrogen-bond acceptors (Lipinski definition) is 9. The molecule has 0 radical (unpaired) electrons. The van der Waals surface area contributed by atoms with Gasteiger partial charge in [0, 0.05) is 45.9 Å². The molecule has 3 aromatic carbocycles. The highest BCUT2D eigenvalue weighted by Crippen LogP contribution is 2.54.